The highest BCUT2D eigenvalue weighted by Gasteiger charge is 2.24. The Morgan fingerprint density at radius 2 is 2.00 bits per heavy atom. The first-order valence-corrected chi connectivity index (χ1v) is 9.98. The van der Waals surface area contributed by atoms with Crippen molar-refractivity contribution < 1.29 is 18.1 Å². The number of rotatable bonds is 7. The highest BCUT2D eigenvalue weighted by Crippen LogP contribution is 2.27. The summed E-state index contributed by atoms with van der Waals surface area (Å²) in [4.78, 5) is 22.5. The zero-order chi connectivity index (χ0) is 19.3. The molecule has 2 atom stereocenters. The Morgan fingerprint density at radius 1 is 1.31 bits per heavy atom. The third-order valence-corrected chi connectivity index (χ3v) is 6.05. The number of hydrogen-bond acceptors (Lipinski definition) is 6. The van der Waals surface area contributed by atoms with Gasteiger partial charge in [-0.25, -0.2) is 13.1 Å². The van der Waals surface area contributed by atoms with E-state index in [0.29, 0.717) is 5.92 Å². The van der Waals surface area contributed by atoms with Crippen molar-refractivity contribution in [3.05, 3.63) is 28.3 Å². The van der Waals surface area contributed by atoms with Crippen LogP contribution in [0.3, 0.4) is 0 Å². The lowest BCUT2D eigenvalue weighted by molar-refractivity contribution is -0.384. The summed E-state index contributed by atoms with van der Waals surface area (Å²) in [6.45, 7) is 1.98. The molecule has 26 heavy (non-hydrogen) atoms. The summed E-state index contributed by atoms with van der Waals surface area (Å²) < 4.78 is 25.7. The van der Waals surface area contributed by atoms with Gasteiger partial charge in [0.05, 0.1) is 16.4 Å². The van der Waals surface area contributed by atoms with Gasteiger partial charge in [-0.2, -0.15) is 0 Å². The number of amides is 1. The third-order valence-electron chi connectivity index (χ3n) is 4.64. The molecule has 0 unspecified atom stereocenters. The molecular formula is C16H24N4O5S. The molecule has 0 bridgehead atoms. The Kier molecular flexibility index (Phi) is 6.54. The maximum atomic E-state index is 12.1. The molecule has 1 aromatic carbocycles. The van der Waals surface area contributed by atoms with E-state index in [2.05, 4.69) is 22.3 Å². The second-order valence-electron chi connectivity index (χ2n) is 6.43. The van der Waals surface area contributed by atoms with Crippen LogP contribution in [-0.4, -0.2) is 38.9 Å². The summed E-state index contributed by atoms with van der Waals surface area (Å²) in [6.07, 6.45) is 4.25. The average molecular weight is 384 g/mol. The Balaban J connectivity index is 2.06. The fourth-order valence-corrected chi connectivity index (χ4v) is 3.81. The first-order valence-electron chi connectivity index (χ1n) is 8.50. The van der Waals surface area contributed by atoms with E-state index in [9.17, 15) is 23.3 Å². The minimum absolute atomic E-state index is 0.0943. The van der Waals surface area contributed by atoms with Crippen molar-refractivity contribution in [2.24, 2.45) is 5.92 Å². The second-order valence-corrected chi connectivity index (χ2v) is 8.32. The molecule has 1 amide bonds. The molecule has 1 aliphatic rings. The van der Waals surface area contributed by atoms with E-state index >= 15 is 0 Å². The molecule has 1 aromatic rings. The molecule has 0 saturated heterocycles. The first-order chi connectivity index (χ1) is 12.2. The van der Waals surface area contributed by atoms with Crippen molar-refractivity contribution in [1.82, 2.24) is 10.0 Å². The fourth-order valence-electron chi connectivity index (χ4n) is 3.06. The van der Waals surface area contributed by atoms with Gasteiger partial charge in [0.15, 0.2) is 0 Å². The number of carbonyl (C=O) groups excluding carboxylic acids is 1. The molecule has 0 spiro atoms. The van der Waals surface area contributed by atoms with Gasteiger partial charge in [0, 0.05) is 12.1 Å². The summed E-state index contributed by atoms with van der Waals surface area (Å²) in [7, 11) is -2.56. The molecular weight excluding hydrogens is 360 g/mol. The van der Waals surface area contributed by atoms with Crippen LogP contribution >= 0.6 is 0 Å². The number of nitrogens with one attached hydrogen (secondary N) is 3. The summed E-state index contributed by atoms with van der Waals surface area (Å²) >= 11 is 0. The molecule has 1 saturated carbocycles. The standard InChI is InChI=1S/C16H24N4O5S/c1-11-5-3-4-6-13(11)19-16(21)10-18-14-8-7-12(26(24,25)17-2)9-15(14)20(22)23/h7-9,11,13,17-18H,3-6,10H2,1-2H3,(H,19,21)/t11-,13+/m0/s1. The summed E-state index contributed by atoms with van der Waals surface area (Å²) in [5, 5.41) is 16.9. The van der Waals surface area contributed by atoms with Gasteiger partial charge in [-0.1, -0.05) is 19.8 Å². The molecule has 1 fully saturated rings. The summed E-state index contributed by atoms with van der Waals surface area (Å²) in [6, 6.07) is 3.63. The van der Waals surface area contributed by atoms with Gasteiger partial charge in [0.1, 0.15) is 5.69 Å². The van der Waals surface area contributed by atoms with Crippen LogP contribution in [-0.2, 0) is 14.8 Å². The van der Waals surface area contributed by atoms with Crippen LogP contribution in [0, 0.1) is 16.0 Å². The van der Waals surface area contributed by atoms with E-state index < -0.39 is 20.6 Å². The molecule has 0 radical (unpaired) electrons. The number of nitrogens with zero attached hydrogens (tertiary/aromatic N) is 1. The highest BCUT2D eigenvalue weighted by atomic mass is 32.2. The van der Waals surface area contributed by atoms with E-state index in [1.807, 2.05) is 0 Å². The van der Waals surface area contributed by atoms with E-state index in [1.54, 1.807) is 0 Å². The van der Waals surface area contributed by atoms with Crippen molar-refractivity contribution in [3.63, 3.8) is 0 Å². The lowest BCUT2D eigenvalue weighted by Gasteiger charge is -2.29. The van der Waals surface area contributed by atoms with E-state index in [1.165, 1.54) is 25.6 Å². The van der Waals surface area contributed by atoms with Crippen LogP contribution < -0.4 is 15.4 Å². The Morgan fingerprint density at radius 3 is 2.62 bits per heavy atom. The lowest BCUT2D eigenvalue weighted by atomic mass is 9.86. The van der Waals surface area contributed by atoms with Crippen molar-refractivity contribution in [1.29, 1.82) is 0 Å². The van der Waals surface area contributed by atoms with Crippen LogP contribution in [0.2, 0.25) is 0 Å². The van der Waals surface area contributed by atoms with Gasteiger partial charge in [0.2, 0.25) is 15.9 Å². The Hall–Kier alpha value is -2.20. The van der Waals surface area contributed by atoms with Gasteiger partial charge in [0.25, 0.3) is 5.69 Å². The minimum Gasteiger partial charge on any atom is -0.371 e. The smallest absolute Gasteiger partial charge is 0.293 e. The summed E-state index contributed by atoms with van der Waals surface area (Å²) in [5.74, 6) is 0.165. The molecule has 0 aliphatic heterocycles. The monoisotopic (exact) mass is 384 g/mol. The predicted octanol–water partition coefficient (Wildman–Crippen LogP) is 1.61. The second kappa shape index (κ2) is 8.45. The van der Waals surface area contributed by atoms with Crippen molar-refractivity contribution in [2.75, 3.05) is 18.9 Å². The minimum atomic E-state index is -3.79. The maximum Gasteiger partial charge on any atom is 0.293 e. The number of nitro groups is 1. The van der Waals surface area contributed by atoms with Crippen molar-refractivity contribution >= 4 is 27.3 Å². The topological polar surface area (TPSA) is 130 Å². The normalized spacial score (nSPS) is 20.4. The molecule has 0 heterocycles. The van der Waals surface area contributed by atoms with Crippen LogP contribution in [0.25, 0.3) is 0 Å². The predicted molar refractivity (Wildman–Crippen MR) is 97.4 cm³/mol. The number of carbonyl (C=O) groups is 1. The molecule has 1 aliphatic carbocycles. The van der Waals surface area contributed by atoms with Gasteiger partial charge in [-0.05, 0) is 37.9 Å². The number of anilines is 1. The zero-order valence-corrected chi connectivity index (χ0v) is 15.6. The van der Waals surface area contributed by atoms with Crippen molar-refractivity contribution in [2.45, 2.75) is 43.5 Å². The van der Waals surface area contributed by atoms with Gasteiger partial charge < -0.3 is 10.6 Å². The van der Waals surface area contributed by atoms with E-state index in [-0.39, 0.29) is 29.1 Å². The molecule has 9 nitrogen and oxygen atoms in total. The maximum absolute atomic E-state index is 12.1. The van der Waals surface area contributed by atoms with Crippen LogP contribution in [0.15, 0.2) is 23.1 Å². The fraction of sp³-hybridized carbons (Fsp3) is 0.562. The first kappa shape index (κ1) is 20.1. The zero-order valence-electron chi connectivity index (χ0n) is 14.8. The Labute approximate surface area is 152 Å². The van der Waals surface area contributed by atoms with Crippen molar-refractivity contribution in [3.8, 4) is 0 Å². The Bertz CT molecular complexity index is 781. The van der Waals surface area contributed by atoms with E-state index in [0.717, 1.165) is 25.3 Å². The van der Waals surface area contributed by atoms with Gasteiger partial charge in [-0.3, -0.25) is 14.9 Å². The number of hydrogen-bond donors (Lipinski definition) is 3. The summed E-state index contributed by atoms with van der Waals surface area (Å²) in [5.41, 5.74) is -0.308. The van der Waals surface area contributed by atoms with Crippen LogP contribution in [0.5, 0.6) is 0 Å². The molecule has 10 heteroatoms. The highest BCUT2D eigenvalue weighted by molar-refractivity contribution is 7.89. The molecule has 0 aromatic heterocycles. The number of sulfonamides is 1. The number of benzene rings is 1. The van der Waals surface area contributed by atoms with Gasteiger partial charge >= 0.3 is 0 Å². The van der Waals surface area contributed by atoms with Crippen LogP contribution in [0.4, 0.5) is 11.4 Å². The quantitative estimate of drug-likeness (QED) is 0.483. The third kappa shape index (κ3) is 4.92. The number of nitro benzene ring substituents is 1. The molecule has 3 N–H and O–H groups in total. The SMILES string of the molecule is CNS(=O)(=O)c1ccc(NCC(=O)N[C@@H]2CCCC[C@@H]2C)c([N+](=O)[O-])c1. The molecule has 2 rings (SSSR count). The largest absolute Gasteiger partial charge is 0.371 e. The van der Waals surface area contributed by atoms with E-state index in [4.69, 9.17) is 0 Å². The van der Waals surface area contributed by atoms with Gasteiger partial charge in [-0.15, -0.1) is 0 Å². The van der Waals surface area contributed by atoms with Crippen LogP contribution in [0.1, 0.15) is 32.6 Å². The lowest BCUT2D eigenvalue weighted by Crippen LogP contribution is -2.43. The molecule has 144 valence electrons. The average Bonchev–Trinajstić information content (AvgIpc) is 2.61.